The molecule has 6 nitrogen and oxygen atoms in total. The number of amides is 2. The third-order valence-electron chi connectivity index (χ3n) is 4.07. The Morgan fingerprint density at radius 2 is 2.00 bits per heavy atom. The molecule has 2 amide bonds. The maximum atomic E-state index is 13.5. The number of hydrogen-bond donors (Lipinski definition) is 1. The second-order valence-corrected chi connectivity index (χ2v) is 7.35. The molecule has 1 saturated heterocycles. The fourth-order valence-corrected chi connectivity index (χ4v) is 2.94. The molecule has 1 aromatic rings. The largest absolute Gasteiger partial charge is 0.445 e. The van der Waals surface area contributed by atoms with Crippen molar-refractivity contribution in [2.24, 2.45) is 0 Å². The molecular formula is C19H27FN2O4. The van der Waals surface area contributed by atoms with Crippen molar-refractivity contribution in [3.05, 3.63) is 35.9 Å². The van der Waals surface area contributed by atoms with Gasteiger partial charge in [0.05, 0.1) is 12.1 Å². The summed E-state index contributed by atoms with van der Waals surface area (Å²) in [4.78, 5) is 25.8. The van der Waals surface area contributed by atoms with E-state index < -0.39 is 36.5 Å². The molecule has 2 atom stereocenters. The molecule has 0 spiro atoms. The first-order chi connectivity index (χ1) is 12.3. The number of nitrogens with zero attached hydrogens (tertiary/aromatic N) is 1. The molecular weight excluding hydrogens is 339 g/mol. The number of rotatable bonds is 5. The number of carbonyl (C=O) groups is 2. The Bertz CT molecular complexity index is 603. The summed E-state index contributed by atoms with van der Waals surface area (Å²) in [6.45, 7) is 5.05. The van der Waals surface area contributed by atoms with E-state index >= 15 is 0 Å². The molecule has 0 saturated carbocycles. The van der Waals surface area contributed by atoms with Gasteiger partial charge in [0.1, 0.15) is 18.9 Å². The summed E-state index contributed by atoms with van der Waals surface area (Å²) in [6, 6.07) is 8.08. The van der Waals surface area contributed by atoms with Gasteiger partial charge in [0, 0.05) is 6.54 Å². The maximum absolute atomic E-state index is 13.5. The molecule has 0 unspecified atom stereocenters. The molecule has 0 aromatic heterocycles. The fraction of sp³-hybridized carbons (Fsp3) is 0.579. The van der Waals surface area contributed by atoms with Gasteiger partial charge in [-0.05, 0) is 39.2 Å². The van der Waals surface area contributed by atoms with Crippen molar-refractivity contribution in [3.8, 4) is 0 Å². The number of carbonyl (C=O) groups excluding carboxylic acids is 2. The summed E-state index contributed by atoms with van der Waals surface area (Å²) in [5, 5.41) is 2.54. The normalized spacial score (nSPS) is 18.3. The van der Waals surface area contributed by atoms with Crippen LogP contribution in [-0.4, -0.2) is 48.0 Å². The van der Waals surface area contributed by atoms with Crippen LogP contribution in [0.2, 0.25) is 0 Å². The molecule has 26 heavy (non-hydrogen) atoms. The second kappa shape index (κ2) is 8.87. The van der Waals surface area contributed by atoms with Crippen molar-refractivity contribution in [2.75, 3.05) is 13.2 Å². The minimum atomic E-state index is -0.823. The summed E-state index contributed by atoms with van der Waals surface area (Å²) in [5.41, 5.74) is 0.208. The molecule has 0 radical (unpaired) electrons. The molecule has 1 N–H and O–H groups in total. The lowest BCUT2D eigenvalue weighted by molar-refractivity contribution is 0.0437. The quantitative estimate of drug-likeness (QED) is 0.864. The smallest absolute Gasteiger partial charge is 0.410 e. The van der Waals surface area contributed by atoms with Crippen LogP contribution in [-0.2, 0) is 16.1 Å². The van der Waals surface area contributed by atoms with Crippen LogP contribution in [0.25, 0.3) is 0 Å². The first kappa shape index (κ1) is 20.0. The van der Waals surface area contributed by atoms with Crippen LogP contribution in [0.1, 0.15) is 39.2 Å². The van der Waals surface area contributed by atoms with Gasteiger partial charge in [-0.25, -0.2) is 14.0 Å². The highest BCUT2D eigenvalue weighted by atomic mass is 19.1. The lowest BCUT2D eigenvalue weighted by atomic mass is 10.1. The van der Waals surface area contributed by atoms with E-state index in [1.54, 1.807) is 20.8 Å². The van der Waals surface area contributed by atoms with Crippen molar-refractivity contribution in [3.63, 3.8) is 0 Å². The van der Waals surface area contributed by atoms with E-state index in [2.05, 4.69) is 5.32 Å². The molecule has 1 heterocycles. The van der Waals surface area contributed by atoms with Crippen LogP contribution in [0.4, 0.5) is 14.0 Å². The number of nitrogens with one attached hydrogen (secondary N) is 1. The molecule has 7 heteroatoms. The number of ether oxygens (including phenoxy) is 2. The Labute approximate surface area is 153 Å². The van der Waals surface area contributed by atoms with Crippen molar-refractivity contribution in [1.82, 2.24) is 10.2 Å². The summed E-state index contributed by atoms with van der Waals surface area (Å²) in [7, 11) is 0. The average Bonchev–Trinajstić information content (AvgIpc) is 3.06. The third-order valence-corrected chi connectivity index (χ3v) is 4.07. The van der Waals surface area contributed by atoms with E-state index in [0.29, 0.717) is 13.0 Å². The van der Waals surface area contributed by atoms with Gasteiger partial charge in [0.25, 0.3) is 0 Å². The number of alkyl carbamates (subject to hydrolysis) is 1. The zero-order valence-electron chi connectivity index (χ0n) is 15.5. The Morgan fingerprint density at radius 3 is 2.62 bits per heavy atom. The molecule has 0 aliphatic carbocycles. The topological polar surface area (TPSA) is 67.9 Å². The first-order valence-corrected chi connectivity index (χ1v) is 8.83. The Balaban J connectivity index is 1.93. The SMILES string of the molecule is CC(C)(C)OC(=O)N[C@@H](CF)[C@H]1CCCN1C(=O)OCc1ccccc1. The van der Waals surface area contributed by atoms with Gasteiger partial charge >= 0.3 is 12.2 Å². The molecule has 0 bridgehead atoms. The van der Waals surface area contributed by atoms with Gasteiger partial charge in [-0.1, -0.05) is 30.3 Å². The Morgan fingerprint density at radius 1 is 1.31 bits per heavy atom. The van der Waals surface area contributed by atoms with Crippen molar-refractivity contribution < 1.29 is 23.5 Å². The Kier molecular flexibility index (Phi) is 6.83. The van der Waals surface area contributed by atoms with E-state index in [1.807, 2.05) is 30.3 Å². The molecule has 1 aliphatic heterocycles. The van der Waals surface area contributed by atoms with Gasteiger partial charge in [-0.3, -0.25) is 0 Å². The highest BCUT2D eigenvalue weighted by Crippen LogP contribution is 2.22. The zero-order valence-corrected chi connectivity index (χ0v) is 15.5. The number of halogens is 1. The van der Waals surface area contributed by atoms with Crippen LogP contribution < -0.4 is 5.32 Å². The van der Waals surface area contributed by atoms with E-state index in [9.17, 15) is 14.0 Å². The lowest BCUT2D eigenvalue weighted by Gasteiger charge is -2.31. The highest BCUT2D eigenvalue weighted by molar-refractivity contribution is 5.70. The average molecular weight is 366 g/mol. The monoisotopic (exact) mass is 366 g/mol. The van der Waals surface area contributed by atoms with Crippen LogP contribution in [0.3, 0.4) is 0 Å². The Hall–Kier alpha value is -2.31. The number of alkyl halides is 1. The molecule has 144 valence electrons. The molecule has 1 aliphatic rings. The number of likely N-dealkylation sites (tertiary alicyclic amines) is 1. The van der Waals surface area contributed by atoms with Crippen LogP contribution >= 0.6 is 0 Å². The summed E-state index contributed by atoms with van der Waals surface area (Å²) < 4.78 is 24.1. The van der Waals surface area contributed by atoms with Crippen molar-refractivity contribution in [2.45, 2.75) is 57.9 Å². The minimum absolute atomic E-state index is 0.155. The lowest BCUT2D eigenvalue weighted by Crippen LogP contribution is -2.52. The summed E-state index contributed by atoms with van der Waals surface area (Å²) >= 11 is 0. The standard InChI is InChI=1S/C19H27FN2O4/c1-19(2,3)26-17(23)21-15(12-20)16-10-7-11-22(16)18(24)25-13-14-8-5-4-6-9-14/h4-6,8-9,15-16H,7,10-13H2,1-3H3,(H,21,23)/t15-,16+/m0/s1. The molecule has 1 fully saturated rings. The number of hydrogen-bond acceptors (Lipinski definition) is 4. The zero-order chi connectivity index (χ0) is 19.2. The molecule has 1 aromatic carbocycles. The van der Waals surface area contributed by atoms with Crippen LogP contribution in [0, 0.1) is 0 Å². The summed E-state index contributed by atoms with van der Waals surface area (Å²) in [5.74, 6) is 0. The second-order valence-electron chi connectivity index (χ2n) is 7.35. The van der Waals surface area contributed by atoms with Crippen LogP contribution in [0.5, 0.6) is 0 Å². The third kappa shape index (κ3) is 5.89. The summed E-state index contributed by atoms with van der Waals surface area (Å²) in [6.07, 6.45) is 0.146. The van der Waals surface area contributed by atoms with Gasteiger partial charge in [0.15, 0.2) is 0 Å². The van der Waals surface area contributed by atoms with E-state index in [1.165, 1.54) is 4.90 Å². The van der Waals surface area contributed by atoms with Gasteiger partial charge in [-0.2, -0.15) is 0 Å². The van der Waals surface area contributed by atoms with E-state index in [0.717, 1.165) is 12.0 Å². The highest BCUT2D eigenvalue weighted by Gasteiger charge is 2.37. The molecule has 2 rings (SSSR count). The fourth-order valence-electron chi connectivity index (χ4n) is 2.94. The first-order valence-electron chi connectivity index (χ1n) is 8.83. The predicted octanol–water partition coefficient (Wildman–Crippen LogP) is 3.65. The van der Waals surface area contributed by atoms with Gasteiger partial charge < -0.3 is 19.7 Å². The van der Waals surface area contributed by atoms with E-state index in [-0.39, 0.29) is 6.61 Å². The van der Waals surface area contributed by atoms with Crippen molar-refractivity contribution >= 4 is 12.2 Å². The van der Waals surface area contributed by atoms with Crippen molar-refractivity contribution in [1.29, 1.82) is 0 Å². The van der Waals surface area contributed by atoms with Crippen LogP contribution in [0.15, 0.2) is 30.3 Å². The minimum Gasteiger partial charge on any atom is -0.445 e. The maximum Gasteiger partial charge on any atom is 0.410 e. The van der Waals surface area contributed by atoms with Gasteiger partial charge in [-0.15, -0.1) is 0 Å². The predicted molar refractivity (Wildman–Crippen MR) is 95.5 cm³/mol. The number of benzene rings is 1. The van der Waals surface area contributed by atoms with E-state index in [4.69, 9.17) is 9.47 Å². The van der Waals surface area contributed by atoms with Gasteiger partial charge in [0.2, 0.25) is 0 Å².